The van der Waals surface area contributed by atoms with Crippen molar-refractivity contribution in [1.82, 2.24) is 5.43 Å². The Labute approximate surface area is 200 Å². The summed E-state index contributed by atoms with van der Waals surface area (Å²) in [5, 5.41) is 15.1. The van der Waals surface area contributed by atoms with Gasteiger partial charge in [0.05, 0.1) is 28.8 Å². The molecule has 12 heteroatoms. The summed E-state index contributed by atoms with van der Waals surface area (Å²) in [5.74, 6) is -0.448. The van der Waals surface area contributed by atoms with Gasteiger partial charge >= 0.3 is 0 Å². The quantitative estimate of drug-likeness (QED) is 0.270. The van der Waals surface area contributed by atoms with Gasteiger partial charge in [-0.2, -0.15) is 5.10 Å². The van der Waals surface area contributed by atoms with Gasteiger partial charge in [0.1, 0.15) is 12.3 Å². The summed E-state index contributed by atoms with van der Waals surface area (Å²) in [7, 11) is -2.72. The minimum atomic E-state index is -4.10. The van der Waals surface area contributed by atoms with Crippen molar-refractivity contribution in [3.63, 3.8) is 0 Å². The lowest BCUT2D eigenvalue weighted by Gasteiger charge is -2.23. The van der Waals surface area contributed by atoms with Crippen molar-refractivity contribution in [1.29, 1.82) is 0 Å². The third-order valence-corrected chi connectivity index (χ3v) is 6.55. The minimum Gasteiger partial charge on any atom is -0.496 e. The number of hydrazone groups is 1. The number of carbonyl (C=O) groups excluding carboxylic acids is 1. The van der Waals surface area contributed by atoms with Crippen LogP contribution in [0.25, 0.3) is 0 Å². The number of nitro benzene ring substituents is 1. The number of halogens is 1. The summed E-state index contributed by atoms with van der Waals surface area (Å²) in [6, 6.07) is 17.6. The first-order chi connectivity index (χ1) is 16.2. The molecule has 0 spiro atoms. The Hall–Kier alpha value is -3.96. The summed E-state index contributed by atoms with van der Waals surface area (Å²) in [4.78, 5) is 23.0. The number of non-ortho nitro benzene ring substituents is 1. The van der Waals surface area contributed by atoms with E-state index >= 15 is 0 Å². The van der Waals surface area contributed by atoms with E-state index in [1.54, 1.807) is 30.3 Å². The van der Waals surface area contributed by atoms with Crippen LogP contribution >= 0.6 is 11.6 Å². The number of sulfonamides is 1. The molecule has 176 valence electrons. The van der Waals surface area contributed by atoms with Crippen molar-refractivity contribution >= 4 is 45.1 Å². The number of ether oxygens (including phenoxy) is 1. The van der Waals surface area contributed by atoms with Crippen molar-refractivity contribution < 1.29 is 22.9 Å². The molecule has 3 aromatic carbocycles. The number of nitro groups is 1. The van der Waals surface area contributed by atoms with Gasteiger partial charge in [0.2, 0.25) is 0 Å². The van der Waals surface area contributed by atoms with Crippen molar-refractivity contribution in [3.8, 4) is 5.75 Å². The van der Waals surface area contributed by atoms with E-state index in [0.717, 1.165) is 4.31 Å². The summed E-state index contributed by atoms with van der Waals surface area (Å²) < 4.78 is 32.5. The molecule has 0 aliphatic rings. The Bertz CT molecular complexity index is 1330. The number of anilines is 1. The van der Waals surface area contributed by atoms with Gasteiger partial charge in [-0.1, -0.05) is 35.9 Å². The van der Waals surface area contributed by atoms with Gasteiger partial charge in [0, 0.05) is 22.7 Å². The van der Waals surface area contributed by atoms with Crippen molar-refractivity contribution in [2.75, 3.05) is 18.0 Å². The highest BCUT2D eigenvalue weighted by Gasteiger charge is 2.27. The van der Waals surface area contributed by atoms with Crippen molar-refractivity contribution in [3.05, 3.63) is 93.5 Å². The zero-order valence-corrected chi connectivity index (χ0v) is 19.4. The number of carbonyl (C=O) groups is 1. The third kappa shape index (κ3) is 5.88. The second-order valence-corrected chi connectivity index (χ2v) is 9.08. The average Bonchev–Trinajstić information content (AvgIpc) is 2.82. The summed E-state index contributed by atoms with van der Waals surface area (Å²) in [6.07, 6.45) is 1.17. The fraction of sp³-hybridized carbons (Fsp3) is 0.0909. The molecule has 10 nitrogen and oxygen atoms in total. The molecule has 0 saturated carbocycles. The van der Waals surface area contributed by atoms with Gasteiger partial charge in [-0.05, 0) is 36.4 Å². The molecule has 3 rings (SSSR count). The normalized spacial score (nSPS) is 11.2. The maximum absolute atomic E-state index is 13.2. The minimum absolute atomic E-state index is 0.00684. The first-order valence-corrected chi connectivity index (χ1v) is 11.5. The highest BCUT2D eigenvalue weighted by atomic mass is 35.5. The first-order valence-electron chi connectivity index (χ1n) is 9.70. The molecular formula is C22H19ClN4O6S. The molecule has 0 atom stereocenters. The molecule has 1 N–H and O–H groups in total. The summed E-state index contributed by atoms with van der Waals surface area (Å²) in [6.45, 7) is -0.596. The molecular weight excluding hydrogens is 484 g/mol. The Morgan fingerprint density at radius 3 is 2.53 bits per heavy atom. The number of hydrogen-bond acceptors (Lipinski definition) is 7. The second kappa shape index (κ2) is 10.8. The largest absolute Gasteiger partial charge is 0.496 e. The van der Waals surface area contributed by atoms with Gasteiger partial charge in [0.25, 0.3) is 21.6 Å². The Kier molecular flexibility index (Phi) is 7.82. The van der Waals surface area contributed by atoms with Crippen LogP contribution in [-0.4, -0.2) is 39.1 Å². The molecule has 0 aliphatic heterocycles. The lowest BCUT2D eigenvalue weighted by atomic mass is 10.2. The SMILES string of the molecule is COc1ccc([N+](=O)[O-])cc1/C=N/NC(=O)CN(c1cccc(Cl)c1)S(=O)(=O)c1ccccc1. The fourth-order valence-electron chi connectivity index (χ4n) is 2.94. The molecule has 0 aliphatic carbocycles. The number of benzene rings is 3. The molecule has 0 bridgehead atoms. The van der Waals surface area contributed by atoms with Crippen LogP contribution < -0.4 is 14.5 Å². The maximum Gasteiger partial charge on any atom is 0.270 e. The molecule has 0 unspecified atom stereocenters. The number of hydrogen-bond donors (Lipinski definition) is 1. The number of nitrogens with one attached hydrogen (secondary N) is 1. The highest BCUT2D eigenvalue weighted by Crippen LogP contribution is 2.26. The fourth-order valence-corrected chi connectivity index (χ4v) is 4.56. The van der Waals surface area contributed by atoms with E-state index in [1.807, 2.05) is 0 Å². The third-order valence-electron chi connectivity index (χ3n) is 4.53. The number of methoxy groups -OCH3 is 1. The van der Waals surface area contributed by atoms with E-state index in [9.17, 15) is 23.3 Å². The van der Waals surface area contributed by atoms with Crippen LogP contribution in [0.5, 0.6) is 5.75 Å². The van der Waals surface area contributed by atoms with Crippen LogP contribution in [0.2, 0.25) is 5.02 Å². The van der Waals surface area contributed by atoms with Gasteiger partial charge in [-0.25, -0.2) is 13.8 Å². The van der Waals surface area contributed by atoms with E-state index in [4.69, 9.17) is 16.3 Å². The molecule has 0 radical (unpaired) electrons. The monoisotopic (exact) mass is 502 g/mol. The summed E-state index contributed by atoms with van der Waals surface area (Å²) in [5.41, 5.74) is 2.49. The van der Waals surface area contributed by atoms with E-state index in [2.05, 4.69) is 10.5 Å². The number of nitrogens with zero attached hydrogens (tertiary/aromatic N) is 3. The van der Waals surface area contributed by atoms with Gasteiger partial charge < -0.3 is 4.74 Å². The van der Waals surface area contributed by atoms with Crippen molar-refractivity contribution in [2.24, 2.45) is 5.10 Å². The van der Waals surface area contributed by atoms with Gasteiger partial charge in [0.15, 0.2) is 0 Å². The number of amides is 1. The van der Waals surface area contributed by atoms with E-state index in [0.29, 0.717) is 10.8 Å². The predicted octanol–water partition coefficient (Wildman–Crippen LogP) is 3.60. The lowest BCUT2D eigenvalue weighted by Crippen LogP contribution is -2.39. The smallest absolute Gasteiger partial charge is 0.270 e. The topological polar surface area (TPSA) is 131 Å². The first kappa shape index (κ1) is 24.7. The number of rotatable bonds is 9. The molecule has 1 amide bonds. The van der Waals surface area contributed by atoms with Crippen LogP contribution in [0.1, 0.15) is 5.56 Å². The standard InChI is InChI=1S/C22H19ClN4O6S/c1-33-21-11-10-19(27(29)30)12-16(21)14-24-25-22(28)15-26(18-7-5-6-17(23)13-18)34(31,32)20-8-3-2-4-9-20/h2-14H,15H2,1H3,(H,25,28)/b24-14+. The van der Waals surface area contributed by atoms with Crippen LogP contribution in [-0.2, 0) is 14.8 Å². The molecule has 0 heterocycles. The summed E-state index contributed by atoms with van der Waals surface area (Å²) >= 11 is 6.03. The predicted molar refractivity (Wildman–Crippen MR) is 128 cm³/mol. The van der Waals surface area contributed by atoms with E-state index < -0.39 is 27.4 Å². The van der Waals surface area contributed by atoms with E-state index in [-0.39, 0.29) is 21.8 Å². The van der Waals surface area contributed by atoms with Crippen molar-refractivity contribution in [2.45, 2.75) is 4.90 Å². The van der Waals surface area contributed by atoms with Crippen LogP contribution in [0.4, 0.5) is 11.4 Å². The van der Waals surface area contributed by atoms with Crippen LogP contribution in [0.3, 0.4) is 0 Å². The average molecular weight is 503 g/mol. The molecule has 0 fully saturated rings. The molecule has 34 heavy (non-hydrogen) atoms. The van der Waals surface area contributed by atoms with Crippen LogP contribution in [0.15, 0.2) is 82.8 Å². The van der Waals surface area contributed by atoms with E-state index in [1.165, 1.54) is 55.8 Å². The van der Waals surface area contributed by atoms with Gasteiger partial charge in [-0.15, -0.1) is 0 Å². The molecule has 0 aromatic heterocycles. The maximum atomic E-state index is 13.2. The van der Waals surface area contributed by atoms with Gasteiger partial charge in [-0.3, -0.25) is 19.2 Å². The highest BCUT2D eigenvalue weighted by molar-refractivity contribution is 7.92. The molecule has 3 aromatic rings. The zero-order chi connectivity index (χ0) is 24.7. The Morgan fingerprint density at radius 2 is 1.88 bits per heavy atom. The zero-order valence-electron chi connectivity index (χ0n) is 17.8. The van der Waals surface area contributed by atoms with Crippen LogP contribution in [0, 0.1) is 10.1 Å². The second-order valence-electron chi connectivity index (χ2n) is 6.78. The lowest BCUT2D eigenvalue weighted by molar-refractivity contribution is -0.384. The Balaban J connectivity index is 1.85. The Morgan fingerprint density at radius 1 is 1.15 bits per heavy atom. The molecule has 0 saturated heterocycles.